The maximum absolute atomic E-state index is 10.9. The van der Waals surface area contributed by atoms with E-state index in [4.69, 9.17) is 10.2 Å². The van der Waals surface area contributed by atoms with Gasteiger partial charge < -0.3 is 10.2 Å². The smallest absolute Gasteiger partial charge is 0.307 e. The molecule has 0 bridgehead atoms. The van der Waals surface area contributed by atoms with Crippen molar-refractivity contribution in [3.05, 3.63) is 11.1 Å². The number of carboxylic acids is 2. The lowest BCUT2D eigenvalue weighted by Crippen LogP contribution is -2.35. The quantitative estimate of drug-likeness (QED) is 0.652. The van der Waals surface area contributed by atoms with E-state index in [1.54, 1.807) is 0 Å². The van der Waals surface area contributed by atoms with Crippen molar-refractivity contribution in [1.82, 2.24) is 0 Å². The van der Waals surface area contributed by atoms with Crippen LogP contribution in [-0.2, 0) is 9.59 Å². The largest absolute Gasteiger partial charge is 0.481 e. The fraction of sp³-hybridized carbons (Fsp3) is 0.600. The summed E-state index contributed by atoms with van der Waals surface area (Å²) in [5, 5.41) is 17.8. The summed E-state index contributed by atoms with van der Waals surface area (Å²) in [7, 11) is 0. The first-order valence-electron chi connectivity index (χ1n) is 4.75. The molecule has 0 spiro atoms. The van der Waals surface area contributed by atoms with E-state index in [0.717, 1.165) is 12.8 Å². The molecular weight excluding hydrogens is 184 g/mol. The van der Waals surface area contributed by atoms with E-state index in [2.05, 4.69) is 0 Å². The van der Waals surface area contributed by atoms with Crippen LogP contribution in [0.15, 0.2) is 11.1 Å². The predicted octanol–water partition coefficient (Wildman–Crippen LogP) is 1.27. The Morgan fingerprint density at radius 2 is 1.29 bits per heavy atom. The summed E-state index contributed by atoms with van der Waals surface area (Å²) < 4.78 is 0. The fourth-order valence-corrected chi connectivity index (χ4v) is 2.31. The molecule has 4 nitrogen and oxygen atoms in total. The fourth-order valence-electron chi connectivity index (χ4n) is 2.31. The van der Waals surface area contributed by atoms with E-state index in [1.807, 2.05) is 0 Å². The highest BCUT2D eigenvalue weighted by molar-refractivity contribution is 5.81. The number of hydrogen-bond donors (Lipinski definition) is 2. The third kappa shape index (κ3) is 1.31. The number of carboxylic acid groups (broad SMARTS) is 2. The lowest BCUT2D eigenvalue weighted by molar-refractivity contribution is -0.154. The van der Waals surface area contributed by atoms with Gasteiger partial charge in [-0.05, 0) is 25.7 Å². The van der Waals surface area contributed by atoms with Crippen molar-refractivity contribution in [3.63, 3.8) is 0 Å². The number of carbonyl (C=O) groups is 2. The minimum Gasteiger partial charge on any atom is -0.481 e. The zero-order chi connectivity index (χ0) is 10.3. The molecule has 0 radical (unpaired) electrons. The highest BCUT2D eigenvalue weighted by atomic mass is 16.4. The van der Waals surface area contributed by atoms with Crippen LogP contribution in [0, 0.1) is 11.8 Å². The van der Waals surface area contributed by atoms with Gasteiger partial charge in [0.05, 0.1) is 11.8 Å². The summed E-state index contributed by atoms with van der Waals surface area (Å²) in [6.07, 6.45) is 2.82. The lowest BCUT2D eigenvalue weighted by atomic mass is 9.68. The molecule has 2 atom stereocenters. The maximum atomic E-state index is 10.9. The summed E-state index contributed by atoms with van der Waals surface area (Å²) in [4.78, 5) is 21.7. The zero-order valence-corrected chi connectivity index (χ0v) is 7.69. The third-order valence-corrected chi connectivity index (χ3v) is 3.28. The second kappa shape index (κ2) is 3.12. The van der Waals surface area contributed by atoms with Crippen LogP contribution in [0.3, 0.4) is 0 Å². The van der Waals surface area contributed by atoms with Gasteiger partial charge in [-0.1, -0.05) is 11.1 Å². The molecular formula is C10H12O4. The van der Waals surface area contributed by atoms with Crippen LogP contribution < -0.4 is 0 Å². The Kier molecular flexibility index (Phi) is 2.06. The van der Waals surface area contributed by atoms with Crippen molar-refractivity contribution in [3.8, 4) is 0 Å². The second-order valence-electron chi connectivity index (χ2n) is 4.00. The van der Waals surface area contributed by atoms with Crippen molar-refractivity contribution in [2.75, 3.05) is 0 Å². The topological polar surface area (TPSA) is 74.6 Å². The normalized spacial score (nSPS) is 30.6. The minimum absolute atomic E-state index is 0.446. The monoisotopic (exact) mass is 196 g/mol. The van der Waals surface area contributed by atoms with Crippen molar-refractivity contribution < 1.29 is 19.8 Å². The molecule has 0 saturated carbocycles. The molecule has 0 aromatic heterocycles. The first-order chi connectivity index (χ1) is 6.59. The van der Waals surface area contributed by atoms with Crippen LogP contribution >= 0.6 is 0 Å². The molecule has 76 valence electrons. The zero-order valence-electron chi connectivity index (χ0n) is 7.69. The Hall–Kier alpha value is -1.32. The highest BCUT2D eigenvalue weighted by Crippen LogP contribution is 2.44. The third-order valence-electron chi connectivity index (χ3n) is 3.28. The van der Waals surface area contributed by atoms with Gasteiger partial charge in [-0.3, -0.25) is 9.59 Å². The molecule has 0 saturated heterocycles. The Balaban J connectivity index is 2.22. The Morgan fingerprint density at radius 1 is 0.929 bits per heavy atom. The molecule has 2 aliphatic carbocycles. The Labute approximate surface area is 81.2 Å². The van der Waals surface area contributed by atoms with Crippen LogP contribution in [0.25, 0.3) is 0 Å². The molecule has 14 heavy (non-hydrogen) atoms. The van der Waals surface area contributed by atoms with E-state index in [0.29, 0.717) is 12.8 Å². The van der Waals surface area contributed by atoms with Gasteiger partial charge in [0.1, 0.15) is 0 Å². The number of rotatable bonds is 2. The highest BCUT2D eigenvalue weighted by Gasteiger charge is 2.41. The summed E-state index contributed by atoms with van der Waals surface area (Å²) in [5.74, 6) is -3.38. The first kappa shape index (κ1) is 9.24. The lowest BCUT2D eigenvalue weighted by Gasteiger charge is -2.35. The molecule has 2 aliphatic rings. The summed E-state index contributed by atoms with van der Waals surface area (Å²) in [5.41, 5.74) is 2.38. The van der Waals surface area contributed by atoms with Crippen LogP contribution in [0.2, 0.25) is 0 Å². The maximum Gasteiger partial charge on any atom is 0.307 e. The average molecular weight is 196 g/mol. The molecule has 0 aromatic carbocycles. The Morgan fingerprint density at radius 3 is 1.50 bits per heavy atom. The van der Waals surface area contributed by atoms with Gasteiger partial charge in [0, 0.05) is 0 Å². The first-order valence-corrected chi connectivity index (χ1v) is 4.75. The molecule has 0 heterocycles. The molecule has 0 aliphatic heterocycles. The van der Waals surface area contributed by atoms with E-state index >= 15 is 0 Å². The van der Waals surface area contributed by atoms with E-state index in [-0.39, 0.29) is 0 Å². The van der Waals surface area contributed by atoms with Crippen molar-refractivity contribution in [2.24, 2.45) is 11.8 Å². The van der Waals surface area contributed by atoms with Gasteiger partial charge in [-0.2, -0.15) is 0 Å². The van der Waals surface area contributed by atoms with E-state index < -0.39 is 23.8 Å². The van der Waals surface area contributed by atoms with Gasteiger partial charge in [0.15, 0.2) is 0 Å². The van der Waals surface area contributed by atoms with E-state index in [9.17, 15) is 9.59 Å². The molecule has 0 fully saturated rings. The molecule has 2 N–H and O–H groups in total. The average Bonchev–Trinajstić information content (AvgIpc) is 2.05. The van der Waals surface area contributed by atoms with Gasteiger partial charge in [-0.15, -0.1) is 0 Å². The van der Waals surface area contributed by atoms with Crippen molar-refractivity contribution in [1.29, 1.82) is 0 Å². The minimum atomic E-state index is -0.976. The van der Waals surface area contributed by atoms with Crippen LogP contribution in [0.4, 0.5) is 0 Å². The second-order valence-corrected chi connectivity index (χ2v) is 4.00. The number of allylic oxidation sites excluding steroid dienone is 2. The van der Waals surface area contributed by atoms with Gasteiger partial charge in [0.25, 0.3) is 0 Å². The molecule has 0 amide bonds. The van der Waals surface area contributed by atoms with Crippen molar-refractivity contribution >= 4 is 11.9 Å². The molecule has 2 unspecified atom stereocenters. The molecule has 0 aromatic rings. The SMILES string of the molecule is O=C(O)C1CC2=C(CC2)CC1C(=O)O. The number of aliphatic carboxylic acids is 2. The predicted molar refractivity (Wildman–Crippen MR) is 47.7 cm³/mol. The van der Waals surface area contributed by atoms with Crippen LogP contribution in [0.1, 0.15) is 25.7 Å². The van der Waals surface area contributed by atoms with Gasteiger partial charge in [0.2, 0.25) is 0 Å². The molecule has 4 heteroatoms. The summed E-state index contributed by atoms with van der Waals surface area (Å²) >= 11 is 0. The molecule has 2 rings (SSSR count). The summed E-state index contributed by atoms with van der Waals surface area (Å²) in [6.45, 7) is 0. The standard InChI is InChI=1S/C10H12O4/c11-9(12)7-3-5-1-2-6(5)4-8(7)10(13)14/h7-8H,1-4H2,(H,11,12)(H,13,14). The van der Waals surface area contributed by atoms with Crippen molar-refractivity contribution in [2.45, 2.75) is 25.7 Å². The summed E-state index contributed by atoms with van der Waals surface area (Å²) in [6, 6.07) is 0. The van der Waals surface area contributed by atoms with E-state index in [1.165, 1.54) is 11.1 Å². The Bertz CT molecular complexity index is 297. The van der Waals surface area contributed by atoms with Gasteiger partial charge in [-0.25, -0.2) is 0 Å². The van der Waals surface area contributed by atoms with Gasteiger partial charge >= 0.3 is 11.9 Å². The van der Waals surface area contributed by atoms with Crippen LogP contribution in [-0.4, -0.2) is 22.2 Å². The number of hydrogen-bond acceptors (Lipinski definition) is 2. The van der Waals surface area contributed by atoms with Crippen LogP contribution in [0.5, 0.6) is 0 Å².